The number of halogens is 3. The Bertz CT molecular complexity index is 1090. The van der Waals surface area contributed by atoms with E-state index < -0.39 is 18.2 Å². The number of hydrogen-bond acceptors (Lipinski definition) is 5. The molecule has 6 nitrogen and oxygen atoms in total. The minimum atomic E-state index is -3.98. The van der Waals surface area contributed by atoms with Gasteiger partial charge in [0.05, 0.1) is 16.7 Å². The van der Waals surface area contributed by atoms with Crippen molar-refractivity contribution in [1.82, 2.24) is 9.97 Å². The van der Waals surface area contributed by atoms with Gasteiger partial charge in [0, 0.05) is 11.8 Å². The lowest BCUT2D eigenvalue weighted by atomic mass is 10.2. The molecule has 0 saturated carbocycles. The van der Waals surface area contributed by atoms with Crippen LogP contribution in [0.4, 0.5) is 18.9 Å². The minimum absolute atomic E-state index is 0.0793. The maximum Gasteiger partial charge on any atom is 0.429 e. The van der Waals surface area contributed by atoms with Crippen LogP contribution in [0.2, 0.25) is 0 Å². The summed E-state index contributed by atoms with van der Waals surface area (Å²) in [6.45, 7) is 0.688. The molecule has 1 unspecified atom stereocenters. The van der Waals surface area contributed by atoms with Gasteiger partial charge in [0.25, 0.3) is 5.56 Å². The van der Waals surface area contributed by atoms with Crippen LogP contribution in [0, 0.1) is 0 Å². The number of aromatic amines is 1. The number of thioether (sulfide) groups is 1. The number of nitrogens with one attached hydrogen (secondary N) is 2. The van der Waals surface area contributed by atoms with Crippen LogP contribution in [0.1, 0.15) is 6.92 Å². The van der Waals surface area contributed by atoms with E-state index in [1.807, 2.05) is 0 Å². The number of nitrogens with zero attached hydrogens (tertiary/aromatic N) is 1. The molecule has 0 fully saturated rings. The zero-order valence-electron chi connectivity index (χ0n) is 15.1. The monoisotopic (exact) mass is 423 g/mol. The molecule has 1 amide bonds. The molecule has 29 heavy (non-hydrogen) atoms. The molecule has 152 valence electrons. The Kier molecular flexibility index (Phi) is 6.12. The van der Waals surface area contributed by atoms with Gasteiger partial charge in [-0.15, -0.1) is 0 Å². The van der Waals surface area contributed by atoms with E-state index in [2.05, 4.69) is 20.0 Å². The summed E-state index contributed by atoms with van der Waals surface area (Å²) in [4.78, 5) is 31.0. The first-order valence-electron chi connectivity index (χ1n) is 8.47. The highest BCUT2D eigenvalue weighted by atomic mass is 32.2. The Morgan fingerprint density at radius 2 is 2.03 bits per heavy atom. The third kappa shape index (κ3) is 5.29. The second-order valence-electron chi connectivity index (χ2n) is 6.03. The second kappa shape index (κ2) is 8.56. The van der Waals surface area contributed by atoms with E-state index in [0.29, 0.717) is 17.8 Å². The molecule has 1 heterocycles. The van der Waals surface area contributed by atoms with Crippen LogP contribution in [0.5, 0.6) is 5.75 Å². The van der Waals surface area contributed by atoms with Crippen molar-refractivity contribution in [2.24, 2.45) is 0 Å². The topological polar surface area (TPSA) is 84.1 Å². The normalized spacial score (nSPS) is 12.6. The van der Waals surface area contributed by atoms with Gasteiger partial charge in [-0.3, -0.25) is 9.59 Å². The summed E-state index contributed by atoms with van der Waals surface area (Å²) in [7, 11) is 0. The number of amides is 1. The van der Waals surface area contributed by atoms with Gasteiger partial charge >= 0.3 is 6.11 Å². The van der Waals surface area contributed by atoms with Gasteiger partial charge in [-0.05, 0) is 31.2 Å². The molecule has 10 heteroatoms. The van der Waals surface area contributed by atoms with E-state index in [-0.39, 0.29) is 27.9 Å². The van der Waals surface area contributed by atoms with E-state index in [0.717, 1.165) is 17.8 Å². The van der Waals surface area contributed by atoms with Crippen LogP contribution < -0.4 is 15.6 Å². The summed E-state index contributed by atoms with van der Waals surface area (Å²) in [6, 6.07) is 12.1. The highest BCUT2D eigenvalue weighted by Crippen LogP contribution is 2.28. The smallest absolute Gasteiger partial charge is 0.429 e. The molecule has 0 spiro atoms. The Morgan fingerprint density at radius 1 is 1.28 bits per heavy atom. The van der Waals surface area contributed by atoms with Crippen LogP contribution in [-0.4, -0.2) is 33.9 Å². The van der Waals surface area contributed by atoms with Crippen molar-refractivity contribution >= 4 is 34.3 Å². The predicted octanol–water partition coefficient (Wildman–Crippen LogP) is 3.98. The van der Waals surface area contributed by atoms with Gasteiger partial charge < -0.3 is 15.0 Å². The summed E-state index contributed by atoms with van der Waals surface area (Å²) >= 11 is 1.02. The van der Waals surface area contributed by atoms with Gasteiger partial charge in [0.2, 0.25) is 12.1 Å². The van der Waals surface area contributed by atoms with Gasteiger partial charge in [0.15, 0.2) is 5.16 Å². The second-order valence-corrected chi connectivity index (χ2v) is 7.00. The Labute approximate surface area is 167 Å². The maximum atomic E-state index is 13.4. The average molecular weight is 423 g/mol. The molecule has 0 saturated heterocycles. The van der Waals surface area contributed by atoms with Gasteiger partial charge in [-0.1, -0.05) is 30.0 Å². The maximum absolute atomic E-state index is 13.4. The quantitative estimate of drug-likeness (QED) is 0.444. The van der Waals surface area contributed by atoms with Crippen LogP contribution in [0.15, 0.2) is 58.5 Å². The van der Waals surface area contributed by atoms with E-state index in [1.165, 1.54) is 18.2 Å². The number of benzene rings is 2. The Morgan fingerprint density at radius 3 is 2.79 bits per heavy atom. The molecule has 2 N–H and O–H groups in total. The molecule has 0 aliphatic rings. The molecule has 3 rings (SSSR count). The third-order valence-electron chi connectivity index (χ3n) is 3.77. The van der Waals surface area contributed by atoms with E-state index >= 15 is 0 Å². The molecular weight excluding hydrogens is 407 g/mol. The van der Waals surface area contributed by atoms with Crippen molar-refractivity contribution < 1.29 is 22.7 Å². The lowest BCUT2D eigenvalue weighted by molar-refractivity contribution is -0.215. The highest BCUT2D eigenvalue weighted by molar-refractivity contribution is 7.99. The highest BCUT2D eigenvalue weighted by Gasteiger charge is 2.39. The molecule has 1 aromatic heterocycles. The van der Waals surface area contributed by atoms with E-state index in [4.69, 9.17) is 0 Å². The van der Waals surface area contributed by atoms with Gasteiger partial charge in [-0.25, -0.2) is 9.37 Å². The summed E-state index contributed by atoms with van der Waals surface area (Å²) in [5, 5.41) is 3.24. The Balaban J connectivity index is 1.63. The zero-order valence-corrected chi connectivity index (χ0v) is 15.9. The van der Waals surface area contributed by atoms with Crippen molar-refractivity contribution in [3.8, 4) is 5.75 Å². The number of aromatic nitrogens is 2. The number of fused-ring (bicyclic) bond motifs is 1. The molecule has 0 aliphatic heterocycles. The van der Waals surface area contributed by atoms with E-state index in [9.17, 15) is 22.8 Å². The van der Waals surface area contributed by atoms with E-state index in [1.54, 1.807) is 24.3 Å². The number of hydrogen-bond donors (Lipinski definition) is 2. The van der Waals surface area contributed by atoms with Crippen molar-refractivity contribution in [3.05, 3.63) is 58.9 Å². The van der Waals surface area contributed by atoms with Crippen molar-refractivity contribution in [3.63, 3.8) is 0 Å². The average Bonchev–Trinajstić information content (AvgIpc) is 2.66. The standard InChI is InChI=1S/C19H16F3N3O3S/c1-11(20)19(21,22)28-13-6-4-5-12(9-13)23-16(26)10-29-18-24-15-8-3-2-7-14(15)17(27)25-18/h2-9,11H,10H2,1H3,(H,23,26)(H,24,25,27). The fraction of sp³-hybridized carbons (Fsp3) is 0.211. The molecular formula is C19H16F3N3O3S. The van der Waals surface area contributed by atoms with Crippen LogP contribution in [0.3, 0.4) is 0 Å². The number of ether oxygens (including phenoxy) is 1. The first kappa shape index (κ1) is 20.7. The summed E-state index contributed by atoms with van der Waals surface area (Å²) in [5.74, 6) is -0.816. The number of carbonyl (C=O) groups excluding carboxylic acids is 1. The fourth-order valence-corrected chi connectivity index (χ4v) is 3.01. The number of alkyl halides is 3. The molecule has 0 radical (unpaired) electrons. The molecule has 2 aromatic carbocycles. The fourth-order valence-electron chi connectivity index (χ4n) is 2.34. The molecule has 0 bridgehead atoms. The molecule has 3 aromatic rings. The van der Waals surface area contributed by atoms with Crippen molar-refractivity contribution in [1.29, 1.82) is 0 Å². The SMILES string of the molecule is CC(F)C(F)(F)Oc1cccc(NC(=O)CSc2nc3ccccc3c(=O)[nH]2)c1. The number of para-hydroxylation sites is 1. The zero-order chi connectivity index (χ0) is 21.0. The number of anilines is 1. The summed E-state index contributed by atoms with van der Waals surface area (Å²) in [6.07, 6.45) is -6.47. The lowest BCUT2D eigenvalue weighted by Crippen LogP contribution is -2.34. The van der Waals surface area contributed by atoms with Gasteiger partial charge in [-0.2, -0.15) is 8.78 Å². The minimum Gasteiger partial charge on any atom is -0.430 e. The number of H-pyrrole nitrogens is 1. The lowest BCUT2D eigenvalue weighted by Gasteiger charge is -2.19. The Hall–Kier alpha value is -3.01. The number of rotatable bonds is 7. The molecule has 1 atom stereocenters. The van der Waals surface area contributed by atoms with Crippen LogP contribution in [0.25, 0.3) is 10.9 Å². The number of carbonyl (C=O) groups is 1. The van der Waals surface area contributed by atoms with Gasteiger partial charge in [0.1, 0.15) is 5.75 Å². The first-order chi connectivity index (χ1) is 13.7. The summed E-state index contributed by atoms with van der Waals surface area (Å²) < 4.78 is 43.9. The van der Waals surface area contributed by atoms with Crippen molar-refractivity contribution in [2.45, 2.75) is 24.4 Å². The molecule has 0 aliphatic carbocycles. The van der Waals surface area contributed by atoms with Crippen LogP contribution in [-0.2, 0) is 4.79 Å². The van der Waals surface area contributed by atoms with Crippen LogP contribution >= 0.6 is 11.8 Å². The largest absolute Gasteiger partial charge is 0.430 e. The predicted molar refractivity (Wildman–Crippen MR) is 104 cm³/mol. The van der Waals surface area contributed by atoms with Crippen molar-refractivity contribution in [2.75, 3.05) is 11.1 Å². The summed E-state index contributed by atoms with van der Waals surface area (Å²) in [5.41, 5.74) is 0.397. The first-order valence-corrected chi connectivity index (χ1v) is 9.46. The third-order valence-corrected chi connectivity index (χ3v) is 4.64.